The number of nitrogens with zero attached hydrogens (tertiary/aromatic N) is 1. The first-order valence-corrected chi connectivity index (χ1v) is 22.5. The third-order valence-corrected chi connectivity index (χ3v) is 9.91. The van der Waals surface area contributed by atoms with Gasteiger partial charge in [0.1, 0.15) is 19.8 Å². The fraction of sp³-hybridized carbons (Fsp3) is 0.857. The van der Waals surface area contributed by atoms with Crippen LogP contribution in [0.5, 0.6) is 0 Å². The molecule has 0 heterocycles. The van der Waals surface area contributed by atoms with Gasteiger partial charge in [0.15, 0.2) is 6.10 Å². The third-order valence-electron chi connectivity index (χ3n) is 8.94. The number of carbonyl (C=O) groups is 2. The normalized spacial score (nSPS) is 13.9. The Kier molecular flexibility index (Phi) is 34.2. The summed E-state index contributed by atoms with van der Waals surface area (Å²) in [6.07, 6.45) is 36.3. The number of phosphoric acid groups is 1. The first-order valence-electron chi connectivity index (χ1n) is 21.0. The van der Waals surface area contributed by atoms with Gasteiger partial charge in [-0.1, -0.05) is 134 Å². The van der Waals surface area contributed by atoms with Crippen molar-refractivity contribution >= 4 is 19.8 Å². The molecule has 0 aromatic heterocycles. The molecule has 0 spiro atoms. The number of hydrogen-bond donors (Lipinski definition) is 0. The van der Waals surface area contributed by atoms with E-state index in [4.69, 9.17) is 18.5 Å². The van der Waals surface area contributed by atoms with Crippen molar-refractivity contribution in [2.75, 3.05) is 47.5 Å². The Hall–Kier alpha value is -1.51. The predicted octanol–water partition coefficient (Wildman–Crippen LogP) is 10.9. The van der Waals surface area contributed by atoms with Crippen LogP contribution in [0.15, 0.2) is 24.3 Å². The number of carbonyl (C=O) groups excluding carboxylic acids is 2. The number of phosphoric ester groups is 1. The first kappa shape index (κ1) is 50.5. The second-order valence-electron chi connectivity index (χ2n) is 15.3. The van der Waals surface area contributed by atoms with Crippen molar-refractivity contribution in [3.8, 4) is 0 Å². The minimum Gasteiger partial charge on any atom is -0.756 e. The second-order valence-corrected chi connectivity index (χ2v) is 16.8. The third kappa shape index (κ3) is 38.2. The van der Waals surface area contributed by atoms with Gasteiger partial charge in [0, 0.05) is 12.8 Å². The molecule has 0 bridgehead atoms. The van der Waals surface area contributed by atoms with Gasteiger partial charge in [0.05, 0.1) is 27.7 Å². The molecule has 0 aromatic carbocycles. The maximum atomic E-state index is 12.6. The zero-order chi connectivity index (χ0) is 38.6. The number of unbranched alkanes of at least 4 members (excludes halogenated alkanes) is 20. The van der Waals surface area contributed by atoms with Gasteiger partial charge >= 0.3 is 11.9 Å². The highest BCUT2D eigenvalue weighted by Crippen LogP contribution is 2.38. The lowest BCUT2D eigenvalue weighted by Crippen LogP contribution is -2.37. The van der Waals surface area contributed by atoms with Crippen LogP contribution in [0.4, 0.5) is 0 Å². The number of likely N-dealkylation sites (N-methyl/N-ethyl adjacent to an activating group) is 1. The van der Waals surface area contributed by atoms with Gasteiger partial charge in [-0.2, -0.15) is 0 Å². The van der Waals surface area contributed by atoms with E-state index in [-0.39, 0.29) is 26.1 Å². The summed E-state index contributed by atoms with van der Waals surface area (Å²) in [5, 5.41) is 0. The van der Waals surface area contributed by atoms with E-state index >= 15 is 0 Å². The fourth-order valence-electron chi connectivity index (χ4n) is 5.57. The summed E-state index contributed by atoms with van der Waals surface area (Å²) in [5.41, 5.74) is 0. The molecule has 0 aliphatic heterocycles. The minimum atomic E-state index is -4.62. The Morgan fingerprint density at radius 1 is 0.577 bits per heavy atom. The van der Waals surface area contributed by atoms with Gasteiger partial charge < -0.3 is 27.9 Å². The fourth-order valence-corrected chi connectivity index (χ4v) is 6.30. The van der Waals surface area contributed by atoms with E-state index in [2.05, 4.69) is 38.2 Å². The molecule has 0 saturated heterocycles. The highest BCUT2D eigenvalue weighted by atomic mass is 31.2. The van der Waals surface area contributed by atoms with Gasteiger partial charge in [-0.05, 0) is 57.8 Å². The SMILES string of the molecule is CCCC/C=C\CCCCCCCC(=O)OC[C@H](COP(=O)([O-])OCC[N+](C)(C)C)OC(=O)CCCCCCCCC/C=C\CCCCCCCC. The summed E-state index contributed by atoms with van der Waals surface area (Å²) in [7, 11) is 1.16. The van der Waals surface area contributed by atoms with Crippen molar-refractivity contribution in [3.63, 3.8) is 0 Å². The van der Waals surface area contributed by atoms with Crippen LogP contribution in [0.3, 0.4) is 0 Å². The van der Waals surface area contributed by atoms with E-state index in [0.29, 0.717) is 17.4 Å². The highest BCUT2D eigenvalue weighted by Gasteiger charge is 2.21. The van der Waals surface area contributed by atoms with E-state index in [9.17, 15) is 19.0 Å². The van der Waals surface area contributed by atoms with Crippen molar-refractivity contribution < 1.29 is 42.1 Å². The lowest BCUT2D eigenvalue weighted by Gasteiger charge is -2.28. The number of hydrogen-bond acceptors (Lipinski definition) is 8. The van der Waals surface area contributed by atoms with Crippen LogP contribution in [-0.4, -0.2) is 70.0 Å². The Morgan fingerprint density at radius 3 is 1.48 bits per heavy atom. The zero-order valence-corrected chi connectivity index (χ0v) is 35.2. The van der Waals surface area contributed by atoms with Crippen LogP contribution < -0.4 is 4.89 Å². The van der Waals surface area contributed by atoms with E-state index in [1.54, 1.807) is 0 Å². The Labute approximate surface area is 319 Å². The molecule has 0 aromatic rings. The average Bonchev–Trinajstić information content (AvgIpc) is 3.09. The van der Waals surface area contributed by atoms with E-state index in [0.717, 1.165) is 70.6 Å². The van der Waals surface area contributed by atoms with Crippen LogP contribution in [0, 0.1) is 0 Å². The number of rotatable bonds is 38. The molecule has 0 fully saturated rings. The molecule has 10 heteroatoms. The summed E-state index contributed by atoms with van der Waals surface area (Å²) in [5.74, 6) is -0.849. The van der Waals surface area contributed by atoms with Gasteiger partial charge in [-0.15, -0.1) is 0 Å². The zero-order valence-electron chi connectivity index (χ0n) is 34.3. The van der Waals surface area contributed by atoms with Crippen LogP contribution in [-0.2, 0) is 32.7 Å². The molecule has 0 radical (unpaired) electrons. The van der Waals surface area contributed by atoms with E-state index in [1.165, 1.54) is 77.0 Å². The van der Waals surface area contributed by atoms with Crippen LogP contribution in [0.1, 0.15) is 181 Å². The van der Waals surface area contributed by atoms with Gasteiger partial charge in [0.2, 0.25) is 0 Å². The van der Waals surface area contributed by atoms with E-state index < -0.39 is 32.5 Å². The molecule has 306 valence electrons. The number of esters is 2. The summed E-state index contributed by atoms with van der Waals surface area (Å²) in [6.45, 7) is 4.17. The molecule has 0 saturated carbocycles. The first-order chi connectivity index (χ1) is 25.0. The second kappa shape index (κ2) is 35.2. The van der Waals surface area contributed by atoms with E-state index in [1.807, 2.05) is 21.1 Å². The molecule has 2 atom stereocenters. The molecule has 52 heavy (non-hydrogen) atoms. The average molecular weight is 758 g/mol. The number of ether oxygens (including phenoxy) is 2. The summed E-state index contributed by atoms with van der Waals surface area (Å²) in [6, 6.07) is 0. The Bertz CT molecular complexity index is 949. The van der Waals surface area contributed by atoms with Crippen LogP contribution >= 0.6 is 7.82 Å². The summed E-state index contributed by atoms with van der Waals surface area (Å²) < 4.78 is 33.8. The van der Waals surface area contributed by atoms with Crippen LogP contribution in [0.25, 0.3) is 0 Å². The highest BCUT2D eigenvalue weighted by molar-refractivity contribution is 7.45. The maximum Gasteiger partial charge on any atom is 0.306 e. The molecule has 0 amide bonds. The molecule has 9 nitrogen and oxygen atoms in total. The Morgan fingerprint density at radius 2 is 1.00 bits per heavy atom. The topological polar surface area (TPSA) is 111 Å². The van der Waals surface area contributed by atoms with Crippen LogP contribution in [0.2, 0.25) is 0 Å². The van der Waals surface area contributed by atoms with Crippen molar-refractivity contribution in [1.82, 2.24) is 0 Å². The standard InChI is InChI=1S/C42H80NO8P/c1-6-8-10-12-14-16-18-19-20-21-22-23-25-27-29-31-33-35-42(45)51-40(39-50-52(46,47)49-37-36-43(3,4)5)38-48-41(44)34-32-30-28-26-24-17-15-13-11-9-7-2/h13,15,19-20,40H,6-12,14,16-18,21-39H2,1-5H3/b15-13-,20-19-/t40-/m1/s1. The molecule has 0 aliphatic carbocycles. The number of allylic oxidation sites excluding steroid dienone is 4. The molecular weight excluding hydrogens is 677 g/mol. The van der Waals surface area contributed by atoms with Crippen molar-refractivity contribution in [1.29, 1.82) is 0 Å². The largest absolute Gasteiger partial charge is 0.756 e. The molecule has 0 rings (SSSR count). The maximum absolute atomic E-state index is 12.6. The monoisotopic (exact) mass is 758 g/mol. The summed E-state index contributed by atoms with van der Waals surface area (Å²) >= 11 is 0. The molecule has 1 unspecified atom stereocenters. The Balaban J connectivity index is 4.37. The van der Waals surface area contributed by atoms with Gasteiger partial charge in [-0.25, -0.2) is 0 Å². The van der Waals surface area contributed by atoms with Gasteiger partial charge in [0.25, 0.3) is 7.82 Å². The molecule has 0 N–H and O–H groups in total. The van der Waals surface area contributed by atoms with Gasteiger partial charge in [-0.3, -0.25) is 14.2 Å². The quantitative estimate of drug-likeness (QED) is 0.0201. The van der Waals surface area contributed by atoms with Crippen molar-refractivity contribution in [2.24, 2.45) is 0 Å². The van der Waals surface area contributed by atoms with Crippen molar-refractivity contribution in [2.45, 2.75) is 187 Å². The molecule has 0 aliphatic rings. The lowest BCUT2D eigenvalue weighted by molar-refractivity contribution is -0.870. The molecular formula is C42H80NO8P. The lowest BCUT2D eigenvalue weighted by atomic mass is 10.1. The predicted molar refractivity (Wildman–Crippen MR) is 213 cm³/mol. The summed E-state index contributed by atoms with van der Waals surface area (Å²) in [4.78, 5) is 37.4. The smallest absolute Gasteiger partial charge is 0.306 e. The number of quaternary nitrogens is 1. The minimum absolute atomic E-state index is 0.0320. The van der Waals surface area contributed by atoms with Crippen molar-refractivity contribution in [3.05, 3.63) is 24.3 Å².